The molecule has 0 fully saturated rings. The lowest BCUT2D eigenvalue weighted by atomic mass is 10.2. The van der Waals surface area contributed by atoms with Crippen LogP contribution in [0.5, 0.6) is 11.6 Å². The Hall–Kier alpha value is -1.29. The van der Waals surface area contributed by atoms with Gasteiger partial charge in [0, 0.05) is 12.7 Å². The molecule has 3 nitrogen and oxygen atoms in total. The van der Waals surface area contributed by atoms with Crippen molar-refractivity contribution in [1.82, 2.24) is 4.98 Å². The topological polar surface area (TPSA) is 48.1 Å². The smallest absolute Gasteiger partial charge is 0.238 e. The fourth-order valence-electron chi connectivity index (χ4n) is 1.32. The molecule has 2 aromatic rings. The molecule has 0 saturated heterocycles. The SMILES string of the molecule is NCc1ccnc(Oc2ccccc2Cl)c1Cl. The molecular formula is C12H10Cl2N2O. The van der Waals surface area contributed by atoms with Crippen LogP contribution in [0, 0.1) is 0 Å². The number of nitrogens with two attached hydrogens (primary N) is 1. The third kappa shape index (κ3) is 2.69. The number of benzene rings is 1. The van der Waals surface area contributed by atoms with Gasteiger partial charge in [0.1, 0.15) is 10.8 Å². The highest BCUT2D eigenvalue weighted by Gasteiger charge is 2.10. The molecular weight excluding hydrogens is 259 g/mol. The summed E-state index contributed by atoms with van der Waals surface area (Å²) in [6, 6.07) is 8.87. The highest BCUT2D eigenvalue weighted by molar-refractivity contribution is 6.33. The molecule has 5 heteroatoms. The maximum Gasteiger partial charge on any atom is 0.238 e. The highest BCUT2D eigenvalue weighted by atomic mass is 35.5. The third-order valence-corrected chi connectivity index (χ3v) is 2.92. The van der Waals surface area contributed by atoms with Gasteiger partial charge in [-0.3, -0.25) is 0 Å². The molecule has 0 amide bonds. The second-order valence-electron chi connectivity index (χ2n) is 3.33. The zero-order valence-electron chi connectivity index (χ0n) is 8.86. The van der Waals surface area contributed by atoms with Crippen molar-refractivity contribution in [3.05, 3.63) is 52.1 Å². The molecule has 0 aliphatic heterocycles. The van der Waals surface area contributed by atoms with Crippen LogP contribution in [0.25, 0.3) is 0 Å². The van der Waals surface area contributed by atoms with Gasteiger partial charge in [-0.25, -0.2) is 4.98 Å². The zero-order valence-corrected chi connectivity index (χ0v) is 10.4. The lowest BCUT2D eigenvalue weighted by Crippen LogP contribution is -1.99. The number of rotatable bonds is 3. The summed E-state index contributed by atoms with van der Waals surface area (Å²) in [6.45, 7) is 0.334. The van der Waals surface area contributed by atoms with Gasteiger partial charge in [0.05, 0.1) is 5.02 Å². The number of halogens is 2. The molecule has 0 unspecified atom stereocenters. The maximum absolute atomic E-state index is 6.10. The Kier molecular flexibility index (Phi) is 3.84. The van der Waals surface area contributed by atoms with Crippen LogP contribution in [0.2, 0.25) is 10.0 Å². The molecule has 0 saturated carbocycles. The third-order valence-electron chi connectivity index (χ3n) is 2.20. The molecule has 0 spiro atoms. The summed E-state index contributed by atoms with van der Waals surface area (Å²) in [5.41, 5.74) is 6.33. The summed E-state index contributed by atoms with van der Waals surface area (Å²) in [6.07, 6.45) is 1.60. The van der Waals surface area contributed by atoms with E-state index in [1.807, 2.05) is 12.1 Å². The first-order chi connectivity index (χ1) is 8.22. The van der Waals surface area contributed by atoms with Crippen LogP contribution in [0.15, 0.2) is 36.5 Å². The number of pyridine rings is 1. The van der Waals surface area contributed by atoms with E-state index in [4.69, 9.17) is 33.7 Å². The molecule has 2 rings (SSSR count). The first-order valence-electron chi connectivity index (χ1n) is 4.98. The van der Waals surface area contributed by atoms with Gasteiger partial charge >= 0.3 is 0 Å². The van der Waals surface area contributed by atoms with Crippen LogP contribution in [-0.2, 0) is 6.54 Å². The summed E-state index contributed by atoms with van der Waals surface area (Å²) in [5, 5.41) is 0.915. The molecule has 88 valence electrons. The fourth-order valence-corrected chi connectivity index (χ4v) is 1.72. The maximum atomic E-state index is 6.10. The predicted molar refractivity (Wildman–Crippen MR) is 68.7 cm³/mol. The summed E-state index contributed by atoms with van der Waals surface area (Å²) >= 11 is 12.1. The van der Waals surface area contributed by atoms with E-state index in [1.54, 1.807) is 24.4 Å². The standard InChI is InChI=1S/C12H10Cl2N2O/c13-9-3-1-2-4-10(9)17-12-11(14)8(7-15)5-6-16-12/h1-6H,7,15H2. The number of hydrogen-bond acceptors (Lipinski definition) is 3. The summed E-state index contributed by atoms with van der Waals surface area (Å²) in [7, 11) is 0. The largest absolute Gasteiger partial charge is 0.436 e. The van der Waals surface area contributed by atoms with Crippen molar-refractivity contribution < 1.29 is 4.74 Å². The number of para-hydroxylation sites is 1. The first-order valence-corrected chi connectivity index (χ1v) is 5.74. The minimum Gasteiger partial charge on any atom is -0.436 e. The van der Waals surface area contributed by atoms with E-state index in [0.717, 1.165) is 5.56 Å². The number of nitrogens with zero attached hydrogens (tertiary/aromatic N) is 1. The molecule has 0 aliphatic rings. The molecule has 1 aromatic carbocycles. The number of ether oxygens (including phenoxy) is 1. The van der Waals surface area contributed by atoms with Gasteiger partial charge in [-0.15, -0.1) is 0 Å². The van der Waals surface area contributed by atoms with E-state index in [2.05, 4.69) is 4.98 Å². The van der Waals surface area contributed by atoms with Gasteiger partial charge in [0.15, 0.2) is 0 Å². The second kappa shape index (κ2) is 5.36. The van der Waals surface area contributed by atoms with Crippen molar-refractivity contribution in [2.45, 2.75) is 6.54 Å². The molecule has 17 heavy (non-hydrogen) atoms. The monoisotopic (exact) mass is 268 g/mol. The van der Waals surface area contributed by atoms with Crippen LogP contribution >= 0.6 is 23.2 Å². The Bertz CT molecular complexity index is 532. The van der Waals surface area contributed by atoms with E-state index < -0.39 is 0 Å². The Morgan fingerprint density at radius 1 is 1.18 bits per heavy atom. The van der Waals surface area contributed by atoms with Crippen LogP contribution in [0.3, 0.4) is 0 Å². The molecule has 0 radical (unpaired) electrons. The van der Waals surface area contributed by atoms with E-state index in [-0.39, 0.29) is 0 Å². The van der Waals surface area contributed by atoms with Crippen LogP contribution in [0.4, 0.5) is 0 Å². The number of hydrogen-bond donors (Lipinski definition) is 1. The van der Waals surface area contributed by atoms with Crippen LogP contribution < -0.4 is 10.5 Å². The normalized spacial score (nSPS) is 10.3. The minimum absolute atomic E-state index is 0.308. The highest BCUT2D eigenvalue weighted by Crippen LogP contribution is 2.33. The van der Waals surface area contributed by atoms with E-state index >= 15 is 0 Å². The van der Waals surface area contributed by atoms with Gasteiger partial charge in [-0.05, 0) is 23.8 Å². The molecule has 1 heterocycles. The summed E-state index contributed by atoms with van der Waals surface area (Å²) in [5.74, 6) is 0.820. The average Bonchev–Trinajstić information content (AvgIpc) is 2.34. The van der Waals surface area contributed by atoms with Crippen molar-refractivity contribution in [2.75, 3.05) is 0 Å². The van der Waals surface area contributed by atoms with E-state index in [9.17, 15) is 0 Å². The Balaban J connectivity index is 2.34. The Morgan fingerprint density at radius 2 is 1.94 bits per heavy atom. The molecule has 0 atom stereocenters. The zero-order chi connectivity index (χ0) is 12.3. The predicted octanol–water partition coefficient (Wildman–Crippen LogP) is 3.64. The fraction of sp³-hybridized carbons (Fsp3) is 0.0833. The Labute approximate surface area is 109 Å². The van der Waals surface area contributed by atoms with Gasteiger partial charge in [-0.1, -0.05) is 35.3 Å². The van der Waals surface area contributed by atoms with Crippen molar-refractivity contribution in [3.63, 3.8) is 0 Å². The first kappa shape index (κ1) is 12.2. The molecule has 0 aliphatic carbocycles. The van der Waals surface area contributed by atoms with Crippen molar-refractivity contribution in [3.8, 4) is 11.6 Å². The molecule has 1 aromatic heterocycles. The van der Waals surface area contributed by atoms with Crippen molar-refractivity contribution in [2.24, 2.45) is 5.73 Å². The van der Waals surface area contributed by atoms with Gasteiger partial charge in [0.25, 0.3) is 0 Å². The van der Waals surface area contributed by atoms with E-state index in [0.29, 0.717) is 28.2 Å². The minimum atomic E-state index is 0.308. The quantitative estimate of drug-likeness (QED) is 0.925. The average molecular weight is 269 g/mol. The molecule has 0 bridgehead atoms. The van der Waals surface area contributed by atoms with E-state index in [1.165, 1.54) is 0 Å². The molecule has 2 N–H and O–H groups in total. The summed E-state index contributed by atoms with van der Waals surface area (Å²) in [4.78, 5) is 4.05. The van der Waals surface area contributed by atoms with Crippen molar-refractivity contribution >= 4 is 23.2 Å². The van der Waals surface area contributed by atoms with Gasteiger partial charge in [-0.2, -0.15) is 0 Å². The Morgan fingerprint density at radius 3 is 2.65 bits per heavy atom. The lowest BCUT2D eigenvalue weighted by Gasteiger charge is -2.09. The number of aromatic nitrogens is 1. The second-order valence-corrected chi connectivity index (χ2v) is 4.11. The van der Waals surface area contributed by atoms with Crippen LogP contribution in [0.1, 0.15) is 5.56 Å². The van der Waals surface area contributed by atoms with Gasteiger partial charge in [0.2, 0.25) is 5.88 Å². The van der Waals surface area contributed by atoms with Gasteiger partial charge < -0.3 is 10.5 Å². The van der Waals surface area contributed by atoms with Crippen molar-refractivity contribution in [1.29, 1.82) is 0 Å². The lowest BCUT2D eigenvalue weighted by molar-refractivity contribution is 0.462. The summed E-state index contributed by atoms with van der Waals surface area (Å²) < 4.78 is 5.55. The van der Waals surface area contributed by atoms with Crippen LogP contribution in [-0.4, -0.2) is 4.98 Å².